The molecule has 0 spiro atoms. The standard InChI is InChI=1S/C8H9N3O3S.C5H10O4.C2H6/c1-14-6-4-2-3-5-7(6)8(9)11-15(12,13)10-5;1-8-5-4(7)3(6)2-9-5;1-2/h2-4,10H,1H3,(H2,9,11);3-7H,2H2,1H3;1-2H3. The summed E-state index contributed by atoms with van der Waals surface area (Å²) in [6.45, 7) is 4.15. The highest BCUT2D eigenvalue weighted by Crippen LogP contribution is 2.29. The van der Waals surface area contributed by atoms with Gasteiger partial charge in [0, 0.05) is 7.11 Å². The van der Waals surface area contributed by atoms with E-state index in [0.29, 0.717) is 17.0 Å². The van der Waals surface area contributed by atoms with Gasteiger partial charge in [0.2, 0.25) is 0 Å². The van der Waals surface area contributed by atoms with Gasteiger partial charge in [0.1, 0.15) is 18.0 Å². The summed E-state index contributed by atoms with van der Waals surface area (Å²) in [5, 5.41) is 17.8. The highest BCUT2D eigenvalue weighted by Gasteiger charge is 2.34. The second kappa shape index (κ2) is 9.69. The van der Waals surface area contributed by atoms with Crippen molar-refractivity contribution >= 4 is 21.7 Å². The summed E-state index contributed by atoms with van der Waals surface area (Å²) in [4.78, 5) is 0. The van der Waals surface area contributed by atoms with Crippen molar-refractivity contribution in [3.8, 4) is 5.75 Å². The number of hydrogen-bond acceptors (Lipinski definition) is 8. The van der Waals surface area contributed by atoms with E-state index in [0.717, 1.165) is 0 Å². The van der Waals surface area contributed by atoms with Crippen molar-refractivity contribution in [1.82, 2.24) is 0 Å². The highest BCUT2D eigenvalue weighted by molar-refractivity contribution is 7.91. The minimum absolute atomic E-state index is 0.0683. The summed E-state index contributed by atoms with van der Waals surface area (Å²) in [5.41, 5.74) is 6.39. The third-order valence-corrected chi connectivity index (χ3v) is 4.21. The molecular weight excluding hydrogens is 366 g/mol. The van der Waals surface area contributed by atoms with E-state index < -0.39 is 28.7 Å². The van der Waals surface area contributed by atoms with Gasteiger partial charge in [-0.25, -0.2) is 0 Å². The molecule has 26 heavy (non-hydrogen) atoms. The van der Waals surface area contributed by atoms with Crippen molar-refractivity contribution in [3.63, 3.8) is 0 Å². The molecule has 0 radical (unpaired) electrons. The number of nitrogens with zero attached hydrogens (tertiary/aromatic N) is 1. The molecule has 1 aromatic rings. The Labute approximate surface area is 152 Å². The number of ether oxygens (including phenoxy) is 3. The van der Waals surface area contributed by atoms with Crippen molar-refractivity contribution in [2.75, 3.05) is 25.5 Å². The normalized spacial score (nSPS) is 25.3. The van der Waals surface area contributed by atoms with Gasteiger partial charge in [0.05, 0.1) is 25.0 Å². The second-order valence-corrected chi connectivity index (χ2v) is 6.27. The van der Waals surface area contributed by atoms with Crippen LogP contribution in [-0.2, 0) is 19.7 Å². The van der Waals surface area contributed by atoms with Crippen LogP contribution in [0, 0.1) is 0 Å². The zero-order chi connectivity index (χ0) is 19.9. The number of methoxy groups -OCH3 is 2. The van der Waals surface area contributed by atoms with Gasteiger partial charge in [-0.05, 0) is 12.1 Å². The first kappa shape index (κ1) is 22.1. The molecule has 2 aliphatic rings. The van der Waals surface area contributed by atoms with E-state index in [-0.39, 0.29) is 12.4 Å². The van der Waals surface area contributed by atoms with Crippen molar-refractivity contribution < 1.29 is 32.8 Å². The molecule has 10 nitrogen and oxygen atoms in total. The van der Waals surface area contributed by atoms with Crippen LogP contribution in [0.2, 0.25) is 0 Å². The van der Waals surface area contributed by atoms with Gasteiger partial charge in [-0.2, -0.15) is 8.42 Å². The molecule has 0 aliphatic carbocycles. The van der Waals surface area contributed by atoms with E-state index in [1.807, 2.05) is 13.8 Å². The zero-order valence-electron chi connectivity index (χ0n) is 15.0. The Morgan fingerprint density at radius 3 is 2.42 bits per heavy atom. The van der Waals surface area contributed by atoms with Gasteiger partial charge in [-0.1, -0.05) is 19.9 Å². The lowest BCUT2D eigenvalue weighted by Crippen LogP contribution is -2.30. The number of aliphatic hydroxyl groups excluding tert-OH is 2. The smallest absolute Gasteiger partial charge is 0.344 e. The second-order valence-electron chi connectivity index (χ2n) is 4.93. The van der Waals surface area contributed by atoms with Crippen molar-refractivity contribution in [2.24, 2.45) is 10.1 Å². The van der Waals surface area contributed by atoms with Crippen LogP contribution in [0.3, 0.4) is 0 Å². The quantitative estimate of drug-likeness (QED) is 0.541. The van der Waals surface area contributed by atoms with Gasteiger partial charge in [-0.3, -0.25) is 4.72 Å². The molecule has 0 saturated carbocycles. The maximum atomic E-state index is 11.2. The van der Waals surface area contributed by atoms with Crippen LogP contribution >= 0.6 is 0 Å². The van der Waals surface area contributed by atoms with Gasteiger partial charge in [0.25, 0.3) is 0 Å². The summed E-state index contributed by atoms with van der Waals surface area (Å²) < 4.78 is 42.5. The van der Waals surface area contributed by atoms with Crippen molar-refractivity contribution in [2.45, 2.75) is 32.3 Å². The minimum atomic E-state index is -3.71. The largest absolute Gasteiger partial charge is 0.496 e. The molecule has 0 bridgehead atoms. The lowest BCUT2D eigenvalue weighted by atomic mass is 10.1. The SMILES string of the molecule is CC.COC1OCC(O)C1O.COc1cccc2c1C(N)=NS(=O)(=O)N2. The Hall–Kier alpha value is -1.92. The van der Waals surface area contributed by atoms with Gasteiger partial charge in [-0.15, -0.1) is 4.40 Å². The Morgan fingerprint density at radius 2 is 1.96 bits per heavy atom. The number of amidine groups is 1. The van der Waals surface area contributed by atoms with Crippen LogP contribution in [-0.4, -0.2) is 63.8 Å². The number of hydrogen-bond donors (Lipinski definition) is 4. The average Bonchev–Trinajstić information content (AvgIpc) is 2.94. The van der Waals surface area contributed by atoms with Crippen molar-refractivity contribution in [1.29, 1.82) is 0 Å². The molecule has 1 fully saturated rings. The van der Waals surface area contributed by atoms with E-state index >= 15 is 0 Å². The first-order valence-electron chi connectivity index (χ1n) is 7.85. The topological polar surface area (TPSA) is 153 Å². The molecule has 2 heterocycles. The van der Waals surface area contributed by atoms with Gasteiger partial charge in [0.15, 0.2) is 12.1 Å². The zero-order valence-corrected chi connectivity index (χ0v) is 15.9. The van der Waals surface area contributed by atoms with E-state index in [1.54, 1.807) is 18.2 Å². The van der Waals surface area contributed by atoms with E-state index in [2.05, 4.69) is 13.9 Å². The number of rotatable bonds is 2. The average molecular weight is 391 g/mol. The summed E-state index contributed by atoms with van der Waals surface area (Å²) in [6.07, 6.45) is -2.34. The molecule has 3 atom stereocenters. The first-order chi connectivity index (χ1) is 12.3. The molecule has 11 heteroatoms. The molecule has 3 unspecified atom stereocenters. The number of benzene rings is 1. The molecule has 0 amide bonds. The maximum Gasteiger partial charge on any atom is 0.344 e. The molecule has 3 rings (SSSR count). The summed E-state index contributed by atoms with van der Waals surface area (Å²) in [5.74, 6) is 0.414. The molecular formula is C15H25N3O7S. The van der Waals surface area contributed by atoms with Crippen LogP contribution in [0.15, 0.2) is 22.6 Å². The van der Waals surface area contributed by atoms with Crippen LogP contribution in [0.4, 0.5) is 5.69 Å². The summed E-state index contributed by atoms with van der Waals surface area (Å²) >= 11 is 0. The lowest BCUT2D eigenvalue weighted by Gasteiger charge is -2.17. The molecule has 148 valence electrons. The number of nitrogens with two attached hydrogens (primary N) is 1. The van der Waals surface area contributed by atoms with Crippen LogP contribution in [0.25, 0.3) is 0 Å². The van der Waals surface area contributed by atoms with Gasteiger partial charge < -0.3 is 30.2 Å². The summed E-state index contributed by atoms with van der Waals surface area (Å²) in [7, 11) is -0.812. The van der Waals surface area contributed by atoms with E-state index in [4.69, 9.17) is 25.4 Å². The third-order valence-electron chi connectivity index (χ3n) is 3.30. The fourth-order valence-electron chi connectivity index (χ4n) is 2.17. The minimum Gasteiger partial charge on any atom is -0.496 e. The third kappa shape index (κ3) is 5.29. The number of nitrogens with one attached hydrogen (secondary N) is 1. The number of fused-ring (bicyclic) bond motifs is 1. The van der Waals surface area contributed by atoms with E-state index in [9.17, 15) is 8.42 Å². The van der Waals surface area contributed by atoms with Crippen LogP contribution < -0.4 is 15.2 Å². The molecule has 0 aromatic heterocycles. The Kier molecular flexibility index (Phi) is 8.24. The molecule has 1 saturated heterocycles. The predicted octanol–water partition coefficient (Wildman–Crippen LogP) is -0.192. The van der Waals surface area contributed by atoms with Gasteiger partial charge >= 0.3 is 10.2 Å². The molecule has 2 aliphatic heterocycles. The highest BCUT2D eigenvalue weighted by atomic mass is 32.2. The number of anilines is 1. The fraction of sp³-hybridized carbons (Fsp3) is 0.533. The predicted molar refractivity (Wildman–Crippen MR) is 96.4 cm³/mol. The lowest BCUT2D eigenvalue weighted by molar-refractivity contribution is -0.134. The Morgan fingerprint density at radius 1 is 1.31 bits per heavy atom. The van der Waals surface area contributed by atoms with Crippen LogP contribution in [0.1, 0.15) is 19.4 Å². The Bertz CT molecular complexity index is 724. The molecule has 5 N–H and O–H groups in total. The van der Waals surface area contributed by atoms with E-state index in [1.165, 1.54) is 14.2 Å². The summed E-state index contributed by atoms with van der Waals surface area (Å²) in [6, 6.07) is 4.94. The fourth-order valence-corrected chi connectivity index (χ4v) is 3.01. The monoisotopic (exact) mass is 391 g/mol. The number of aliphatic hydroxyl groups is 2. The Balaban J connectivity index is 0.000000263. The maximum absolute atomic E-state index is 11.2. The molecule has 1 aromatic carbocycles. The van der Waals surface area contributed by atoms with Crippen LogP contribution in [0.5, 0.6) is 5.75 Å². The first-order valence-corrected chi connectivity index (χ1v) is 9.29. The van der Waals surface area contributed by atoms with Crippen molar-refractivity contribution in [3.05, 3.63) is 23.8 Å².